The van der Waals surface area contributed by atoms with E-state index < -0.39 is 0 Å². The van der Waals surface area contributed by atoms with E-state index in [9.17, 15) is 5.11 Å². The van der Waals surface area contributed by atoms with Crippen LogP contribution in [0.2, 0.25) is 0 Å². The van der Waals surface area contributed by atoms with Gasteiger partial charge < -0.3 is 5.11 Å². The van der Waals surface area contributed by atoms with E-state index >= 15 is 0 Å². The molecule has 13 heavy (non-hydrogen) atoms. The molecule has 0 aromatic carbocycles. The van der Waals surface area contributed by atoms with Gasteiger partial charge in [-0.2, -0.15) is 0 Å². The van der Waals surface area contributed by atoms with E-state index in [1.54, 1.807) is 0 Å². The standard InChI is InChI=1S/C11H23NO/c1-4-9(5-2)12(3)10-7-6-8-11(10)13/h9-11,13H,4-8H2,1-3H3/t10-,11-/m0/s1. The third kappa shape index (κ3) is 2.44. The Kier molecular flexibility index (Phi) is 4.20. The molecule has 1 aliphatic rings. The second-order valence-electron chi connectivity index (χ2n) is 4.20. The molecule has 0 radical (unpaired) electrons. The molecule has 0 spiro atoms. The van der Waals surface area contributed by atoms with E-state index in [1.165, 1.54) is 25.7 Å². The largest absolute Gasteiger partial charge is 0.391 e. The van der Waals surface area contributed by atoms with Crippen molar-refractivity contribution in [1.82, 2.24) is 4.90 Å². The molecule has 0 amide bonds. The smallest absolute Gasteiger partial charge is 0.0695 e. The molecular weight excluding hydrogens is 162 g/mol. The maximum absolute atomic E-state index is 9.76. The fourth-order valence-corrected chi connectivity index (χ4v) is 2.53. The molecule has 0 unspecified atom stereocenters. The van der Waals surface area contributed by atoms with Gasteiger partial charge in [-0.25, -0.2) is 0 Å². The summed E-state index contributed by atoms with van der Waals surface area (Å²) in [5, 5.41) is 9.76. The van der Waals surface area contributed by atoms with Gasteiger partial charge in [0.05, 0.1) is 6.10 Å². The molecule has 1 saturated carbocycles. The van der Waals surface area contributed by atoms with Crippen molar-refractivity contribution in [3.05, 3.63) is 0 Å². The Labute approximate surface area is 81.9 Å². The van der Waals surface area contributed by atoms with E-state index in [1.807, 2.05) is 0 Å². The summed E-state index contributed by atoms with van der Waals surface area (Å²) in [5.74, 6) is 0. The van der Waals surface area contributed by atoms with Crippen molar-refractivity contribution >= 4 is 0 Å². The van der Waals surface area contributed by atoms with E-state index in [4.69, 9.17) is 0 Å². The van der Waals surface area contributed by atoms with Gasteiger partial charge >= 0.3 is 0 Å². The molecule has 1 rings (SSSR count). The summed E-state index contributed by atoms with van der Waals surface area (Å²) in [5.41, 5.74) is 0. The minimum atomic E-state index is -0.0781. The van der Waals surface area contributed by atoms with Gasteiger partial charge in [-0.3, -0.25) is 4.90 Å². The Morgan fingerprint density at radius 3 is 2.31 bits per heavy atom. The van der Waals surface area contributed by atoms with Crippen LogP contribution in [0.5, 0.6) is 0 Å². The highest BCUT2D eigenvalue weighted by Crippen LogP contribution is 2.25. The van der Waals surface area contributed by atoms with Crippen molar-refractivity contribution in [2.45, 2.75) is 64.1 Å². The Morgan fingerprint density at radius 2 is 1.92 bits per heavy atom. The fraction of sp³-hybridized carbons (Fsp3) is 1.00. The molecular formula is C11H23NO. The van der Waals surface area contributed by atoms with Gasteiger partial charge in [0, 0.05) is 12.1 Å². The van der Waals surface area contributed by atoms with Gasteiger partial charge in [-0.1, -0.05) is 13.8 Å². The van der Waals surface area contributed by atoms with Gasteiger partial charge in [0.1, 0.15) is 0 Å². The number of hydrogen-bond acceptors (Lipinski definition) is 2. The Morgan fingerprint density at radius 1 is 1.31 bits per heavy atom. The number of aliphatic hydroxyl groups is 1. The van der Waals surface area contributed by atoms with Crippen molar-refractivity contribution in [2.24, 2.45) is 0 Å². The van der Waals surface area contributed by atoms with Crippen molar-refractivity contribution in [3.63, 3.8) is 0 Å². The van der Waals surface area contributed by atoms with Crippen LogP contribution in [0, 0.1) is 0 Å². The second kappa shape index (κ2) is 4.97. The molecule has 1 N–H and O–H groups in total. The first-order chi connectivity index (χ1) is 6.20. The molecule has 78 valence electrons. The lowest BCUT2D eigenvalue weighted by Gasteiger charge is -2.33. The molecule has 2 heteroatoms. The number of likely N-dealkylation sites (N-methyl/N-ethyl adjacent to an activating group) is 1. The Balaban J connectivity index is 2.49. The molecule has 0 aliphatic heterocycles. The number of nitrogens with zero attached hydrogens (tertiary/aromatic N) is 1. The molecule has 0 heterocycles. The maximum atomic E-state index is 9.76. The monoisotopic (exact) mass is 185 g/mol. The first-order valence-electron chi connectivity index (χ1n) is 5.60. The van der Waals surface area contributed by atoms with Crippen molar-refractivity contribution in [1.29, 1.82) is 0 Å². The van der Waals surface area contributed by atoms with Crippen LogP contribution in [0.15, 0.2) is 0 Å². The maximum Gasteiger partial charge on any atom is 0.0695 e. The lowest BCUT2D eigenvalue weighted by molar-refractivity contribution is 0.0588. The summed E-state index contributed by atoms with van der Waals surface area (Å²) in [6.07, 6.45) is 5.66. The van der Waals surface area contributed by atoms with Crippen LogP contribution in [0.3, 0.4) is 0 Å². The minimum Gasteiger partial charge on any atom is -0.391 e. The summed E-state index contributed by atoms with van der Waals surface area (Å²) in [7, 11) is 2.16. The van der Waals surface area contributed by atoms with Gasteiger partial charge in [0.15, 0.2) is 0 Å². The van der Waals surface area contributed by atoms with Gasteiger partial charge in [0.25, 0.3) is 0 Å². The fourth-order valence-electron chi connectivity index (χ4n) is 2.53. The molecule has 0 aromatic rings. The third-order valence-electron chi connectivity index (χ3n) is 3.49. The zero-order chi connectivity index (χ0) is 9.84. The average Bonchev–Trinajstić information content (AvgIpc) is 2.53. The summed E-state index contributed by atoms with van der Waals surface area (Å²) < 4.78 is 0. The van der Waals surface area contributed by atoms with Gasteiger partial charge in [0.2, 0.25) is 0 Å². The minimum absolute atomic E-state index is 0.0781. The topological polar surface area (TPSA) is 23.5 Å². The third-order valence-corrected chi connectivity index (χ3v) is 3.49. The van der Waals surface area contributed by atoms with Crippen LogP contribution >= 0.6 is 0 Å². The van der Waals surface area contributed by atoms with Crippen molar-refractivity contribution < 1.29 is 5.11 Å². The SMILES string of the molecule is CCC(CC)N(C)[C@H]1CCC[C@@H]1O. The van der Waals surface area contributed by atoms with E-state index in [0.29, 0.717) is 12.1 Å². The molecule has 2 atom stereocenters. The predicted molar refractivity (Wildman–Crippen MR) is 55.8 cm³/mol. The van der Waals surface area contributed by atoms with E-state index in [-0.39, 0.29) is 6.10 Å². The summed E-state index contributed by atoms with van der Waals surface area (Å²) in [6.45, 7) is 4.46. The van der Waals surface area contributed by atoms with E-state index in [0.717, 1.165) is 6.42 Å². The van der Waals surface area contributed by atoms with Gasteiger partial charge in [-0.15, -0.1) is 0 Å². The van der Waals surface area contributed by atoms with Crippen molar-refractivity contribution in [3.8, 4) is 0 Å². The van der Waals surface area contributed by atoms with Crippen molar-refractivity contribution in [2.75, 3.05) is 7.05 Å². The zero-order valence-electron chi connectivity index (χ0n) is 9.16. The van der Waals surface area contributed by atoms with Crippen LogP contribution in [-0.4, -0.2) is 35.2 Å². The lowest BCUT2D eigenvalue weighted by Crippen LogP contribution is -2.43. The van der Waals surface area contributed by atoms with Crippen LogP contribution in [0.4, 0.5) is 0 Å². The number of aliphatic hydroxyl groups excluding tert-OH is 1. The Hall–Kier alpha value is -0.0800. The van der Waals surface area contributed by atoms with Crippen LogP contribution in [0.1, 0.15) is 46.0 Å². The average molecular weight is 185 g/mol. The first-order valence-corrected chi connectivity index (χ1v) is 5.60. The summed E-state index contributed by atoms with van der Waals surface area (Å²) in [4.78, 5) is 2.39. The zero-order valence-corrected chi connectivity index (χ0v) is 9.16. The number of hydrogen-bond donors (Lipinski definition) is 1. The predicted octanol–water partition coefficient (Wildman–Crippen LogP) is 2.02. The first kappa shape index (κ1) is 11.0. The molecule has 1 aliphatic carbocycles. The molecule has 0 aromatic heterocycles. The van der Waals surface area contributed by atoms with Crippen LogP contribution in [0.25, 0.3) is 0 Å². The number of rotatable bonds is 4. The highest BCUT2D eigenvalue weighted by molar-refractivity contribution is 4.86. The lowest BCUT2D eigenvalue weighted by atomic mass is 10.1. The normalized spacial score (nSPS) is 29.1. The second-order valence-corrected chi connectivity index (χ2v) is 4.20. The molecule has 1 fully saturated rings. The highest BCUT2D eigenvalue weighted by Gasteiger charge is 2.30. The molecule has 0 bridgehead atoms. The van der Waals surface area contributed by atoms with Gasteiger partial charge in [-0.05, 0) is 39.2 Å². The quantitative estimate of drug-likeness (QED) is 0.724. The van der Waals surface area contributed by atoms with E-state index in [2.05, 4.69) is 25.8 Å². The van der Waals surface area contributed by atoms with Crippen LogP contribution in [-0.2, 0) is 0 Å². The molecule has 0 saturated heterocycles. The summed E-state index contributed by atoms with van der Waals surface area (Å²) in [6, 6.07) is 1.07. The molecule has 2 nitrogen and oxygen atoms in total. The van der Waals surface area contributed by atoms with Crippen LogP contribution < -0.4 is 0 Å². The summed E-state index contributed by atoms with van der Waals surface area (Å²) >= 11 is 0. The highest BCUT2D eigenvalue weighted by atomic mass is 16.3. The Bertz CT molecular complexity index is 145.